The Labute approximate surface area is 170 Å². The number of aromatic nitrogens is 5. The summed E-state index contributed by atoms with van der Waals surface area (Å²) in [6.45, 7) is 5.84. The number of hydrogen-bond donors (Lipinski definition) is 2. The second-order valence-electron chi connectivity index (χ2n) is 6.85. The summed E-state index contributed by atoms with van der Waals surface area (Å²) in [5, 5.41) is 16.4. The molecule has 1 amide bonds. The van der Waals surface area contributed by atoms with Gasteiger partial charge in [-0.05, 0) is 32.4 Å². The number of para-hydroxylation sites is 1. The van der Waals surface area contributed by atoms with Crippen molar-refractivity contribution in [2.75, 3.05) is 5.32 Å². The summed E-state index contributed by atoms with van der Waals surface area (Å²) in [6.07, 6.45) is 0.819. The van der Waals surface area contributed by atoms with Gasteiger partial charge in [-0.1, -0.05) is 18.2 Å². The second kappa shape index (κ2) is 7.59. The molecular formula is C20H20N6O2S. The first-order valence-electron chi connectivity index (χ1n) is 9.19. The van der Waals surface area contributed by atoms with Gasteiger partial charge in [0.05, 0.1) is 17.1 Å². The first kappa shape index (κ1) is 19.0. The summed E-state index contributed by atoms with van der Waals surface area (Å²) in [4.78, 5) is 29.7. The number of amides is 1. The number of rotatable bonds is 5. The largest absolute Gasteiger partial charge is 0.325 e. The molecule has 0 atom stereocenters. The zero-order chi connectivity index (χ0) is 20.5. The van der Waals surface area contributed by atoms with E-state index in [2.05, 4.69) is 25.6 Å². The van der Waals surface area contributed by atoms with Gasteiger partial charge in [-0.2, -0.15) is 15.2 Å². The van der Waals surface area contributed by atoms with Gasteiger partial charge in [0.15, 0.2) is 5.69 Å². The van der Waals surface area contributed by atoms with E-state index in [9.17, 15) is 9.59 Å². The first-order chi connectivity index (χ1) is 13.9. The lowest BCUT2D eigenvalue weighted by atomic mass is 10.1. The molecule has 29 heavy (non-hydrogen) atoms. The van der Waals surface area contributed by atoms with Crippen molar-refractivity contribution in [3.63, 3.8) is 0 Å². The number of fused-ring (bicyclic) bond motifs is 1. The van der Waals surface area contributed by atoms with Crippen molar-refractivity contribution in [2.24, 2.45) is 0 Å². The summed E-state index contributed by atoms with van der Waals surface area (Å²) in [5.41, 5.74) is 4.72. The average molecular weight is 408 g/mol. The predicted molar refractivity (Wildman–Crippen MR) is 112 cm³/mol. The minimum Gasteiger partial charge on any atom is -0.325 e. The molecule has 2 N–H and O–H groups in total. The van der Waals surface area contributed by atoms with Crippen molar-refractivity contribution in [2.45, 2.75) is 33.6 Å². The van der Waals surface area contributed by atoms with Crippen LogP contribution < -0.4 is 10.9 Å². The fourth-order valence-electron chi connectivity index (χ4n) is 3.06. The lowest BCUT2D eigenvalue weighted by Gasteiger charge is -2.10. The maximum atomic E-state index is 12.5. The maximum absolute atomic E-state index is 12.5. The third-order valence-corrected chi connectivity index (χ3v) is 5.78. The molecule has 148 valence electrons. The van der Waals surface area contributed by atoms with Crippen LogP contribution in [0.4, 0.5) is 5.69 Å². The highest BCUT2D eigenvalue weighted by Gasteiger charge is 2.16. The molecule has 0 saturated carbocycles. The molecule has 0 radical (unpaired) electrons. The van der Waals surface area contributed by atoms with Crippen LogP contribution in [0.15, 0.2) is 34.4 Å². The number of anilines is 1. The number of carbonyl (C=O) groups excluding carboxylic acids is 1. The van der Waals surface area contributed by atoms with Crippen molar-refractivity contribution in [3.05, 3.63) is 62.6 Å². The minimum absolute atomic E-state index is 0.154. The monoisotopic (exact) mass is 408 g/mol. The molecule has 8 nitrogen and oxygen atoms in total. The van der Waals surface area contributed by atoms with Crippen molar-refractivity contribution < 1.29 is 4.79 Å². The standard InChI is InChI=1S/C20H20N6O2S/c1-11-10-29-20-22-19(28)18(25-26(11)20)14-6-4-5-7-16(14)21-17(27)9-8-15-12(2)13(3)23-24-15/h4-7,10H,8-9H2,1-3H3,(H,21,27)(H,23,24). The number of H-pyrrole nitrogens is 1. The molecule has 3 aromatic heterocycles. The molecule has 0 unspecified atom stereocenters. The second-order valence-corrected chi connectivity index (χ2v) is 7.69. The Bertz CT molecular complexity index is 1270. The summed E-state index contributed by atoms with van der Waals surface area (Å²) < 4.78 is 1.64. The topological polar surface area (TPSA) is 105 Å². The molecule has 9 heteroatoms. The van der Waals surface area contributed by atoms with Gasteiger partial charge in [0.2, 0.25) is 10.9 Å². The maximum Gasteiger partial charge on any atom is 0.300 e. The molecule has 4 aromatic rings. The molecular weight excluding hydrogens is 388 g/mol. The molecule has 1 aromatic carbocycles. The van der Waals surface area contributed by atoms with Crippen molar-refractivity contribution in [1.82, 2.24) is 24.8 Å². The van der Waals surface area contributed by atoms with Crippen LogP contribution in [0.3, 0.4) is 0 Å². The van der Waals surface area contributed by atoms with Gasteiger partial charge < -0.3 is 5.32 Å². The van der Waals surface area contributed by atoms with Crippen LogP contribution in [0.5, 0.6) is 0 Å². The van der Waals surface area contributed by atoms with E-state index in [1.165, 1.54) is 11.3 Å². The SMILES string of the molecule is Cc1[nH]nc(CCC(=O)Nc2ccccc2-c2nn3c(C)csc3nc2=O)c1C. The first-order valence-corrected chi connectivity index (χ1v) is 10.1. The van der Waals surface area contributed by atoms with E-state index in [1.807, 2.05) is 26.2 Å². The number of hydrogen-bond acceptors (Lipinski definition) is 6. The van der Waals surface area contributed by atoms with Crippen LogP contribution in [0.2, 0.25) is 0 Å². The van der Waals surface area contributed by atoms with Crippen LogP contribution in [0.25, 0.3) is 16.2 Å². The van der Waals surface area contributed by atoms with Gasteiger partial charge in [0, 0.05) is 29.5 Å². The van der Waals surface area contributed by atoms with Gasteiger partial charge in [0.25, 0.3) is 0 Å². The average Bonchev–Trinajstić information content (AvgIpc) is 3.22. The van der Waals surface area contributed by atoms with Crippen LogP contribution in [-0.2, 0) is 11.2 Å². The van der Waals surface area contributed by atoms with Gasteiger partial charge >= 0.3 is 5.56 Å². The Morgan fingerprint density at radius 3 is 2.79 bits per heavy atom. The lowest BCUT2D eigenvalue weighted by molar-refractivity contribution is -0.116. The molecule has 0 bridgehead atoms. The molecule has 0 fully saturated rings. The van der Waals surface area contributed by atoms with E-state index in [0.29, 0.717) is 22.6 Å². The van der Waals surface area contributed by atoms with E-state index < -0.39 is 5.56 Å². The van der Waals surface area contributed by atoms with E-state index >= 15 is 0 Å². The zero-order valence-electron chi connectivity index (χ0n) is 16.3. The molecule has 4 rings (SSSR count). The van der Waals surface area contributed by atoms with E-state index in [1.54, 1.807) is 28.8 Å². The fourth-order valence-corrected chi connectivity index (χ4v) is 3.85. The summed E-state index contributed by atoms with van der Waals surface area (Å²) in [7, 11) is 0. The summed E-state index contributed by atoms with van der Waals surface area (Å²) >= 11 is 1.37. The van der Waals surface area contributed by atoms with Gasteiger partial charge in [-0.15, -0.1) is 11.3 Å². The molecule has 3 heterocycles. The summed E-state index contributed by atoms with van der Waals surface area (Å²) in [5.74, 6) is -0.154. The van der Waals surface area contributed by atoms with Gasteiger partial charge in [-0.3, -0.25) is 14.7 Å². The van der Waals surface area contributed by atoms with E-state index in [4.69, 9.17) is 0 Å². The third-order valence-electron chi connectivity index (χ3n) is 4.85. The number of aryl methyl sites for hydroxylation is 3. The molecule has 0 aliphatic carbocycles. The van der Waals surface area contributed by atoms with Crippen molar-refractivity contribution in [3.8, 4) is 11.3 Å². The smallest absolute Gasteiger partial charge is 0.300 e. The Morgan fingerprint density at radius 2 is 2.03 bits per heavy atom. The van der Waals surface area contributed by atoms with E-state index in [-0.39, 0.29) is 18.0 Å². The quantitative estimate of drug-likeness (QED) is 0.528. The Morgan fingerprint density at radius 1 is 1.24 bits per heavy atom. The highest BCUT2D eigenvalue weighted by atomic mass is 32.1. The molecule has 0 aliphatic rings. The molecule has 0 saturated heterocycles. The van der Waals surface area contributed by atoms with E-state index in [0.717, 1.165) is 22.6 Å². The Kier molecular flexibility index (Phi) is 4.98. The number of thiazole rings is 1. The zero-order valence-corrected chi connectivity index (χ0v) is 17.1. The van der Waals surface area contributed by atoms with Crippen LogP contribution in [0.1, 0.15) is 29.1 Å². The summed E-state index contributed by atoms with van der Waals surface area (Å²) in [6, 6.07) is 7.13. The van der Waals surface area contributed by atoms with Crippen molar-refractivity contribution >= 4 is 27.9 Å². The number of nitrogens with zero attached hydrogens (tertiary/aromatic N) is 4. The number of benzene rings is 1. The van der Waals surface area contributed by atoms with Crippen molar-refractivity contribution in [1.29, 1.82) is 0 Å². The lowest BCUT2D eigenvalue weighted by Crippen LogP contribution is -2.18. The molecule has 0 spiro atoms. The highest BCUT2D eigenvalue weighted by Crippen LogP contribution is 2.25. The fraction of sp³-hybridized carbons (Fsp3) is 0.250. The van der Waals surface area contributed by atoms with Gasteiger partial charge in [0.1, 0.15) is 0 Å². The predicted octanol–water partition coefficient (Wildman–Crippen LogP) is 3.04. The number of carbonyl (C=O) groups is 1. The Balaban J connectivity index is 1.59. The normalized spacial score (nSPS) is 11.1. The van der Waals surface area contributed by atoms with Crippen LogP contribution in [0, 0.1) is 20.8 Å². The number of nitrogens with one attached hydrogen (secondary N) is 2. The Hall–Kier alpha value is -3.33. The van der Waals surface area contributed by atoms with Gasteiger partial charge in [-0.25, -0.2) is 4.52 Å². The minimum atomic E-state index is -0.420. The van der Waals surface area contributed by atoms with Crippen LogP contribution in [-0.4, -0.2) is 30.7 Å². The number of aromatic amines is 1. The van der Waals surface area contributed by atoms with Crippen LogP contribution >= 0.6 is 11.3 Å². The third kappa shape index (κ3) is 3.68. The highest BCUT2D eigenvalue weighted by molar-refractivity contribution is 7.15. The molecule has 0 aliphatic heterocycles.